The Morgan fingerprint density at radius 3 is 1.76 bits per heavy atom. The van der Waals surface area contributed by atoms with Gasteiger partial charge in [-0.05, 0) is 59.3 Å². The summed E-state index contributed by atoms with van der Waals surface area (Å²) in [5.74, 6) is -5.19. The van der Waals surface area contributed by atoms with Crippen molar-refractivity contribution in [2.75, 3.05) is 6.54 Å². The van der Waals surface area contributed by atoms with Gasteiger partial charge in [0.1, 0.15) is 24.2 Å². The Bertz CT molecular complexity index is 1030. The third-order valence-corrected chi connectivity index (χ3v) is 6.94. The zero-order valence-electron chi connectivity index (χ0n) is 26.0. The lowest BCUT2D eigenvalue weighted by atomic mass is 10.00. The largest absolute Gasteiger partial charge is 0.452 e. The molecule has 0 spiro atoms. The summed E-state index contributed by atoms with van der Waals surface area (Å²) >= 11 is 0. The van der Waals surface area contributed by atoms with Crippen molar-refractivity contribution < 1.29 is 43.0 Å². The maximum absolute atomic E-state index is 13.2. The second-order valence-corrected chi connectivity index (χ2v) is 11.4. The van der Waals surface area contributed by atoms with E-state index in [1.807, 2.05) is 0 Å². The van der Waals surface area contributed by atoms with Gasteiger partial charge >= 0.3 is 11.9 Å². The van der Waals surface area contributed by atoms with E-state index in [9.17, 15) is 33.6 Å². The Kier molecular flexibility index (Phi) is 14.1. The van der Waals surface area contributed by atoms with Gasteiger partial charge in [0.25, 0.3) is 0 Å². The SMILES string of the molecule is CC(=O)C(C)OC(=O)C(C)OC(=O)C(NC(=O)C(NC(=O)C(C)NC(=O)C1CCCN1C(=O)C(C)N)C(C)C)C(C)C. The smallest absolute Gasteiger partial charge is 0.347 e. The Morgan fingerprint density at radius 1 is 0.738 bits per heavy atom. The molecule has 42 heavy (non-hydrogen) atoms. The van der Waals surface area contributed by atoms with Gasteiger partial charge < -0.3 is 36.1 Å². The number of amides is 4. The fourth-order valence-electron chi connectivity index (χ4n) is 4.14. The predicted octanol–water partition coefficient (Wildman–Crippen LogP) is -0.437. The number of ether oxygens (including phenoxy) is 2. The van der Waals surface area contributed by atoms with E-state index in [0.717, 1.165) is 0 Å². The minimum absolute atomic E-state index is 0.351. The van der Waals surface area contributed by atoms with Crippen molar-refractivity contribution >= 4 is 41.4 Å². The highest BCUT2D eigenvalue weighted by atomic mass is 16.6. The fourth-order valence-corrected chi connectivity index (χ4v) is 4.14. The number of nitrogens with zero attached hydrogens (tertiary/aromatic N) is 1. The number of ketones is 1. The van der Waals surface area contributed by atoms with Crippen molar-refractivity contribution in [3.05, 3.63) is 0 Å². The number of carbonyl (C=O) groups is 7. The van der Waals surface area contributed by atoms with E-state index in [4.69, 9.17) is 15.2 Å². The number of likely N-dealkylation sites (tertiary alicyclic amines) is 1. The van der Waals surface area contributed by atoms with E-state index < -0.39 is 83.9 Å². The first kappa shape index (κ1) is 36.5. The molecule has 1 heterocycles. The van der Waals surface area contributed by atoms with Crippen LogP contribution >= 0.6 is 0 Å². The molecular weight excluding hydrogens is 550 g/mol. The van der Waals surface area contributed by atoms with E-state index >= 15 is 0 Å². The third kappa shape index (κ3) is 10.4. The maximum Gasteiger partial charge on any atom is 0.347 e. The first-order chi connectivity index (χ1) is 19.4. The van der Waals surface area contributed by atoms with Crippen LogP contribution in [-0.4, -0.2) is 95.2 Å². The molecule has 1 rings (SSSR count). The normalized spacial score (nSPS) is 19.1. The maximum atomic E-state index is 13.2. The second kappa shape index (κ2) is 16.2. The summed E-state index contributed by atoms with van der Waals surface area (Å²) in [7, 11) is 0. The van der Waals surface area contributed by atoms with E-state index in [0.29, 0.717) is 19.4 Å². The van der Waals surface area contributed by atoms with Crippen LogP contribution in [0.3, 0.4) is 0 Å². The highest BCUT2D eigenvalue weighted by Crippen LogP contribution is 2.18. The topological polar surface area (TPSA) is 203 Å². The molecule has 1 aliphatic heterocycles. The summed E-state index contributed by atoms with van der Waals surface area (Å²) in [6.45, 7) is 14.0. The van der Waals surface area contributed by atoms with E-state index in [-0.39, 0.29) is 11.7 Å². The van der Waals surface area contributed by atoms with Gasteiger partial charge in [-0.15, -0.1) is 0 Å². The molecule has 1 saturated heterocycles. The molecule has 0 aromatic carbocycles. The quantitative estimate of drug-likeness (QED) is 0.190. The molecule has 1 aliphatic rings. The molecule has 0 radical (unpaired) electrons. The van der Waals surface area contributed by atoms with E-state index in [1.54, 1.807) is 27.7 Å². The number of hydrogen-bond donors (Lipinski definition) is 4. The molecule has 0 saturated carbocycles. The molecule has 0 aromatic heterocycles. The molecule has 5 N–H and O–H groups in total. The molecule has 0 bridgehead atoms. The second-order valence-electron chi connectivity index (χ2n) is 11.4. The van der Waals surface area contributed by atoms with Gasteiger partial charge in [-0.25, -0.2) is 9.59 Å². The molecule has 0 aromatic rings. The van der Waals surface area contributed by atoms with Crippen LogP contribution in [0.1, 0.15) is 75.2 Å². The predicted molar refractivity (Wildman–Crippen MR) is 151 cm³/mol. The lowest BCUT2D eigenvalue weighted by Gasteiger charge is -2.29. The zero-order valence-corrected chi connectivity index (χ0v) is 26.0. The Hall–Kier alpha value is -3.55. The standard InChI is InChI=1S/C28H47N5O9/c1-13(2)21(31-23(35)16(6)30-24(36)20-11-10-12-33(20)26(38)15(5)29)25(37)32-22(14(3)4)28(40)42-19(9)27(39)41-18(8)17(7)34/h13-16,18-22H,10-12,29H2,1-9H3,(H,30,36)(H,31,35)(H,32,37). The molecular formula is C28H47N5O9. The van der Waals surface area contributed by atoms with Crippen LogP contribution in [0, 0.1) is 11.8 Å². The molecule has 14 nitrogen and oxygen atoms in total. The Balaban J connectivity index is 2.86. The number of nitrogens with two attached hydrogens (primary N) is 1. The van der Waals surface area contributed by atoms with Crippen LogP contribution in [-0.2, 0) is 43.0 Å². The van der Waals surface area contributed by atoms with Crippen molar-refractivity contribution in [3.63, 3.8) is 0 Å². The summed E-state index contributed by atoms with van der Waals surface area (Å²) in [6, 6.07) is -4.78. The highest BCUT2D eigenvalue weighted by Gasteiger charge is 2.37. The first-order valence-electron chi connectivity index (χ1n) is 14.3. The van der Waals surface area contributed by atoms with Gasteiger partial charge in [-0.2, -0.15) is 0 Å². The van der Waals surface area contributed by atoms with E-state index in [2.05, 4.69) is 16.0 Å². The highest BCUT2D eigenvalue weighted by molar-refractivity contribution is 5.95. The lowest BCUT2D eigenvalue weighted by Crippen LogP contribution is -2.59. The van der Waals surface area contributed by atoms with Crippen molar-refractivity contribution in [3.8, 4) is 0 Å². The van der Waals surface area contributed by atoms with Gasteiger partial charge in [-0.1, -0.05) is 27.7 Å². The molecule has 7 unspecified atom stereocenters. The zero-order chi connectivity index (χ0) is 32.5. The van der Waals surface area contributed by atoms with Crippen LogP contribution < -0.4 is 21.7 Å². The van der Waals surface area contributed by atoms with Crippen LogP contribution in [0.25, 0.3) is 0 Å². The van der Waals surface area contributed by atoms with Crippen LogP contribution in [0.2, 0.25) is 0 Å². The monoisotopic (exact) mass is 597 g/mol. The number of carbonyl (C=O) groups excluding carboxylic acids is 7. The van der Waals surface area contributed by atoms with Gasteiger partial charge in [0, 0.05) is 6.54 Å². The van der Waals surface area contributed by atoms with Crippen molar-refractivity contribution in [2.24, 2.45) is 17.6 Å². The van der Waals surface area contributed by atoms with Crippen molar-refractivity contribution in [1.29, 1.82) is 0 Å². The summed E-state index contributed by atoms with van der Waals surface area (Å²) in [5, 5.41) is 7.80. The molecule has 7 atom stereocenters. The third-order valence-electron chi connectivity index (χ3n) is 6.94. The Labute approximate surface area is 247 Å². The van der Waals surface area contributed by atoms with Gasteiger partial charge in [0.15, 0.2) is 18.0 Å². The van der Waals surface area contributed by atoms with Gasteiger partial charge in [0.2, 0.25) is 23.6 Å². The number of Topliss-reactive ketones (excluding diaryl/α,β-unsaturated/α-hetero) is 1. The first-order valence-corrected chi connectivity index (χ1v) is 14.3. The van der Waals surface area contributed by atoms with E-state index in [1.165, 1.54) is 39.5 Å². The molecule has 238 valence electrons. The van der Waals surface area contributed by atoms with Gasteiger partial charge in [-0.3, -0.25) is 24.0 Å². The Morgan fingerprint density at radius 2 is 1.26 bits per heavy atom. The van der Waals surface area contributed by atoms with Gasteiger partial charge in [0.05, 0.1) is 6.04 Å². The number of nitrogens with one attached hydrogen (secondary N) is 3. The average molecular weight is 598 g/mol. The number of hydrogen-bond acceptors (Lipinski definition) is 10. The van der Waals surface area contributed by atoms with Crippen molar-refractivity contribution in [1.82, 2.24) is 20.9 Å². The number of rotatable bonds is 14. The average Bonchev–Trinajstić information content (AvgIpc) is 3.38. The molecule has 14 heteroatoms. The molecule has 0 aliphatic carbocycles. The molecule has 1 fully saturated rings. The lowest BCUT2D eigenvalue weighted by molar-refractivity contribution is -0.172. The summed E-state index contributed by atoms with van der Waals surface area (Å²) in [6.07, 6.45) is -1.27. The molecule has 4 amide bonds. The van der Waals surface area contributed by atoms with Crippen LogP contribution in [0.4, 0.5) is 0 Å². The fraction of sp³-hybridized carbons (Fsp3) is 0.750. The summed E-state index contributed by atoms with van der Waals surface area (Å²) < 4.78 is 10.2. The summed E-state index contributed by atoms with van der Waals surface area (Å²) in [4.78, 5) is 89.2. The van der Waals surface area contributed by atoms with Crippen molar-refractivity contribution in [2.45, 2.75) is 118 Å². The van der Waals surface area contributed by atoms with Crippen LogP contribution in [0.5, 0.6) is 0 Å². The van der Waals surface area contributed by atoms with Crippen LogP contribution in [0.15, 0.2) is 0 Å². The summed E-state index contributed by atoms with van der Waals surface area (Å²) in [5.41, 5.74) is 5.69. The minimum atomic E-state index is -1.33. The minimum Gasteiger partial charge on any atom is -0.452 e. The number of esters is 2.